The van der Waals surface area contributed by atoms with Crippen molar-refractivity contribution in [1.82, 2.24) is 15.2 Å². The van der Waals surface area contributed by atoms with Crippen molar-refractivity contribution < 1.29 is 9.18 Å². The normalized spacial score (nSPS) is 26.0. The first-order valence-electron chi connectivity index (χ1n) is 8.75. The molecular weight excluding hydrogens is 317 g/mol. The predicted molar refractivity (Wildman–Crippen MR) is 94.5 cm³/mol. The van der Waals surface area contributed by atoms with Gasteiger partial charge in [0.05, 0.1) is 11.7 Å². The molecule has 0 bridgehead atoms. The third-order valence-electron chi connectivity index (χ3n) is 5.45. The van der Waals surface area contributed by atoms with E-state index in [0.29, 0.717) is 0 Å². The van der Waals surface area contributed by atoms with E-state index >= 15 is 0 Å². The van der Waals surface area contributed by atoms with Crippen LogP contribution < -0.4 is 5.32 Å². The van der Waals surface area contributed by atoms with Crippen molar-refractivity contribution in [3.8, 4) is 11.1 Å². The van der Waals surface area contributed by atoms with Gasteiger partial charge in [0.25, 0.3) is 0 Å². The lowest BCUT2D eigenvalue weighted by Gasteiger charge is -2.23. The summed E-state index contributed by atoms with van der Waals surface area (Å²) >= 11 is 0. The number of hydrogen-bond donors (Lipinski definition) is 1. The Morgan fingerprint density at radius 2 is 1.96 bits per heavy atom. The van der Waals surface area contributed by atoms with E-state index in [1.807, 2.05) is 24.9 Å². The quantitative estimate of drug-likeness (QED) is 0.914. The summed E-state index contributed by atoms with van der Waals surface area (Å²) in [6.45, 7) is 2.77. The lowest BCUT2D eigenvalue weighted by molar-refractivity contribution is -0.131. The first kappa shape index (κ1) is 16.2. The smallest absolute Gasteiger partial charge is 0.242 e. The Balaban J connectivity index is 1.63. The molecule has 3 heterocycles. The van der Waals surface area contributed by atoms with E-state index in [1.165, 1.54) is 12.1 Å². The van der Waals surface area contributed by atoms with Crippen LogP contribution in [0, 0.1) is 12.7 Å². The molecule has 2 aliphatic rings. The molecule has 0 radical (unpaired) electrons. The number of aromatic nitrogens is 1. The molecule has 1 aromatic heterocycles. The second-order valence-electron chi connectivity index (χ2n) is 7.22. The van der Waals surface area contributed by atoms with Gasteiger partial charge >= 0.3 is 0 Å². The Morgan fingerprint density at radius 3 is 2.64 bits per heavy atom. The number of rotatable bonds is 2. The zero-order chi connectivity index (χ0) is 17.6. The zero-order valence-electron chi connectivity index (χ0n) is 14.6. The van der Waals surface area contributed by atoms with Crippen LogP contribution in [0.15, 0.2) is 36.4 Å². The molecule has 0 aliphatic carbocycles. The van der Waals surface area contributed by atoms with Crippen LogP contribution in [0.3, 0.4) is 0 Å². The number of carbonyl (C=O) groups excluding carboxylic acids is 1. The molecule has 0 unspecified atom stereocenters. The highest BCUT2D eigenvalue weighted by Gasteiger charge is 2.50. The molecule has 2 atom stereocenters. The third-order valence-corrected chi connectivity index (χ3v) is 5.45. The van der Waals surface area contributed by atoms with Gasteiger partial charge in [-0.15, -0.1) is 0 Å². The Labute approximate surface area is 147 Å². The maximum absolute atomic E-state index is 13.2. The minimum atomic E-state index is -0.416. The Hall–Kier alpha value is -2.27. The number of hydrogen-bond acceptors (Lipinski definition) is 3. The third kappa shape index (κ3) is 2.82. The van der Waals surface area contributed by atoms with Crippen molar-refractivity contribution in [2.75, 3.05) is 13.6 Å². The van der Waals surface area contributed by atoms with Crippen molar-refractivity contribution in [3.05, 3.63) is 53.6 Å². The number of likely N-dealkylation sites (N-methyl/N-ethyl adjacent to an activating group) is 1. The van der Waals surface area contributed by atoms with Gasteiger partial charge in [0, 0.05) is 19.3 Å². The highest BCUT2D eigenvalue weighted by Crippen LogP contribution is 2.39. The van der Waals surface area contributed by atoms with E-state index < -0.39 is 5.54 Å². The summed E-state index contributed by atoms with van der Waals surface area (Å²) in [5.41, 5.74) is 3.46. The molecule has 2 aromatic rings. The Morgan fingerprint density at radius 1 is 1.20 bits per heavy atom. The molecule has 1 aromatic carbocycles. The average Bonchev–Trinajstić information content (AvgIpc) is 3.15. The Bertz CT molecular complexity index is 820. The molecule has 0 saturated carbocycles. The van der Waals surface area contributed by atoms with Crippen LogP contribution in [0.1, 0.15) is 36.7 Å². The van der Waals surface area contributed by atoms with E-state index in [0.717, 1.165) is 48.3 Å². The number of nitrogens with one attached hydrogen (secondary N) is 1. The molecule has 4 rings (SSSR count). The van der Waals surface area contributed by atoms with Gasteiger partial charge in [0.15, 0.2) is 0 Å². The van der Waals surface area contributed by atoms with Gasteiger partial charge in [-0.1, -0.05) is 12.1 Å². The monoisotopic (exact) mass is 339 g/mol. The van der Waals surface area contributed by atoms with Crippen molar-refractivity contribution in [2.45, 2.75) is 37.8 Å². The molecule has 2 saturated heterocycles. The summed E-state index contributed by atoms with van der Waals surface area (Å²) in [4.78, 5) is 19.0. The largest absolute Gasteiger partial charge is 0.344 e. The molecule has 1 amide bonds. The predicted octanol–water partition coefficient (Wildman–Crippen LogP) is 3.22. The summed E-state index contributed by atoms with van der Waals surface area (Å²) in [6.07, 6.45) is 2.61. The number of carbonyl (C=O) groups is 1. The molecule has 1 N–H and O–H groups in total. The van der Waals surface area contributed by atoms with Crippen LogP contribution in [0.4, 0.5) is 4.39 Å². The number of likely N-dealkylation sites (tertiary alicyclic amines) is 1. The summed E-state index contributed by atoms with van der Waals surface area (Å²) in [7, 11) is 1.86. The van der Waals surface area contributed by atoms with E-state index in [1.54, 1.807) is 12.1 Å². The minimum Gasteiger partial charge on any atom is -0.344 e. The molecule has 4 nitrogen and oxygen atoms in total. The molecule has 130 valence electrons. The van der Waals surface area contributed by atoms with Gasteiger partial charge in [0.1, 0.15) is 11.4 Å². The molecule has 2 aliphatic heterocycles. The van der Waals surface area contributed by atoms with Gasteiger partial charge in [-0.25, -0.2) is 4.39 Å². The highest BCUT2D eigenvalue weighted by molar-refractivity contribution is 5.88. The van der Waals surface area contributed by atoms with Crippen LogP contribution in [0.5, 0.6) is 0 Å². The first-order valence-corrected chi connectivity index (χ1v) is 8.75. The van der Waals surface area contributed by atoms with E-state index in [4.69, 9.17) is 4.98 Å². The maximum atomic E-state index is 13.2. The van der Waals surface area contributed by atoms with Crippen LogP contribution in [-0.2, 0) is 4.79 Å². The van der Waals surface area contributed by atoms with Crippen LogP contribution in [-0.4, -0.2) is 34.9 Å². The van der Waals surface area contributed by atoms with Gasteiger partial charge in [-0.2, -0.15) is 0 Å². The molecular formula is C20H22FN3O. The fourth-order valence-corrected chi connectivity index (χ4v) is 4.07. The number of pyridine rings is 1. The summed E-state index contributed by atoms with van der Waals surface area (Å²) in [5, 5.41) is 3.56. The topological polar surface area (TPSA) is 45.2 Å². The summed E-state index contributed by atoms with van der Waals surface area (Å²) in [6, 6.07) is 10.7. The molecule has 1 spiro atoms. The number of halogens is 1. The van der Waals surface area contributed by atoms with E-state index in [-0.39, 0.29) is 17.8 Å². The van der Waals surface area contributed by atoms with E-state index in [9.17, 15) is 9.18 Å². The lowest BCUT2D eigenvalue weighted by Crippen LogP contribution is -2.47. The summed E-state index contributed by atoms with van der Waals surface area (Å²) in [5.74, 6) is -0.0422. The SMILES string of the molecule is Cc1cc(-c2ccc(F)cc2)cc([C@H]2CC[C@@]3(CCN(C)C3=O)N2)n1. The second kappa shape index (κ2) is 5.92. The summed E-state index contributed by atoms with van der Waals surface area (Å²) < 4.78 is 13.2. The molecule has 2 fully saturated rings. The zero-order valence-corrected chi connectivity index (χ0v) is 14.6. The van der Waals surface area contributed by atoms with Crippen LogP contribution >= 0.6 is 0 Å². The van der Waals surface area contributed by atoms with Gasteiger partial charge in [0.2, 0.25) is 5.91 Å². The highest BCUT2D eigenvalue weighted by atomic mass is 19.1. The molecule has 25 heavy (non-hydrogen) atoms. The standard InChI is InChI=1S/C20H22FN3O/c1-13-11-15(14-3-5-16(21)6-4-14)12-18(22-13)17-7-8-20(23-17)9-10-24(2)19(20)25/h3-6,11-12,17,23H,7-10H2,1-2H3/t17-,20+/m1/s1. The van der Waals surface area contributed by atoms with Crippen LogP contribution in [0.25, 0.3) is 11.1 Å². The number of amides is 1. The van der Waals surface area contributed by atoms with Crippen LogP contribution in [0.2, 0.25) is 0 Å². The fraction of sp³-hybridized carbons (Fsp3) is 0.400. The van der Waals surface area contributed by atoms with Crippen molar-refractivity contribution >= 4 is 5.91 Å². The number of benzene rings is 1. The molecule has 5 heteroatoms. The minimum absolute atomic E-state index is 0.0783. The Kier molecular flexibility index (Phi) is 3.84. The number of nitrogens with zero attached hydrogens (tertiary/aromatic N) is 2. The van der Waals surface area contributed by atoms with E-state index in [2.05, 4.69) is 11.4 Å². The van der Waals surface area contributed by atoms with Gasteiger partial charge in [-0.05, 0) is 61.6 Å². The lowest BCUT2D eigenvalue weighted by atomic mass is 9.96. The van der Waals surface area contributed by atoms with Gasteiger partial charge < -0.3 is 4.90 Å². The second-order valence-corrected chi connectivity index (χ2v) is 7.22. The number of aryl methyl sites for hydroxylation is 1. The first-order chi connectivity index (χ1) is 12.0. The van der Waals surface area contributed by atoms with Crippen molar-refractivity contribution in [3.63, 3.8) is 0 Å². The van der Waals surface area contributed by atoms with Crippen molar-refractivity contribution in [2.24, 2.45) is 0 Å². The fourth-order valence-electron chi connectivity index (χ4n) is 4.07. The maximum Gasteiger partial charge on any atom is 0.242 e. The van der Waals surface area contributed by atoms with Crippen molar-refractivity contribution in [1.29, 1.82) is 0 Å². The average molecular weight is 339 g/mol. The van der Waals surface area contributed by atoms with Gasteiger partial charge in [-0.3, -0.25) is 15.1 Å².